The van der Waals surface area contributed by atoms with Crippen LogP contribution in [-0.4, -0.2) is 45.7 Å². The van der Waals surface area contributed by atoms with Gasteiger partial charge in [0.05, 0.1) is 6.07 Å². The van der Waals surface area contributed by atoms with E-state index in [2.05, 4.69) is 16.4 Å². The number of amides is 2. The van der Waals surface area contributed by atoms with Gasteiger partial charge in [0.15, 0.2) is 0 Å². The van der Waals surface area contributed by atoms with E-state index in [1.807, 2.05) is 23.1 Å². The Balaban J connectivity index is 1.15. The summed E-state index contributed by atoms with van der Waals surface area (Å²) < 4.78 is 1.75. The van der Waals surface area contributed by atoms with Gasteiger partial charge >= 0.3 is 0 Å². The molecule has 4 aliphatic carbocycles. The van der Waals surface area contributed by atoms with E-state index < -0.39 is 0 Å². The zero-order chi connectivity index (χ0) is 23.3. The molecule has 0 aromatic carbocycles. The summed E-state index contributed by atoms with van der Waals surface area (Å²) in [5.74, 6) is 2.77. The number of likely N-dealkylation sites (tertiary alicyclic amines) is 1. The van der Waals surface area contributed by atoms with Gasteiger partial charge in [-0.2, -0.15) is 5.26 Å². The molecule has 0 unspecified atom stereocenters. The van der Waals surface area contributed by atoms with E-state index in [-0.39, 0.29) is 17.2 Å². The van der Waals surface area contributed by atoms with Crippen LogP contribution in [0.25, 0.3) is 5.65 Å². The number of imidazole rings is 1. The standard InChI is InChI=1S/C27H33N5O2/c28-7-4-18-5-8-31(9-6-18)26(34)22-16-32-23(2-1-3-24(32)30-22)25(33)29-17-27-13-19-10-20(14-27)12-21(11-19)15-27/h1-3,16,18-21H,4-6,8-15,17H2,(H,29,33). The zero-order valence-electron chi connectivity index (χ0n) is 19.7. The first-order valence-electron chi connectivity index (χ1n) is 12.9. The summed E-state index contributed by atoms with van der Waals surface area (Å²) in [6.45, 7) is 2.05. The number of fused-ring (bicyclic) bond motifs is 1. The number of carbonyl (C=O) groups excluding carboxylic acids is 2. The monoisotopic (exact) mass is 459 g/mol. The average molecular weight is 460 g/mol. The van der Waals surface area contributed by atoms with Crippen molar-refractivity contribution in [2.24, 2.45) is 29.1 Å². The van der Waals surface area contributed by atoms with Gasteiger partial charge in [0.25, 0.3) is 11.8 Å². The summed E-state index contributed by atoms with van der Waals surface area (Å²) in [5.41, 5.74) is 1.80. The largest absolute Gasteiger partial charge is 0.350 e. The Labute approximate surface area is 200 Å². The van der Waals surface area contributed by atoms with Gasteiger partial charge in [-0.15, -0.1) is 0 Å². The summed E-state index contributed by atoms with van der Waals surface area (Å²) in [4.78, 5) is 32.7. The SMILES string of the molecule is N#CCC1CCN(C(=O)c2cn3c(C(=O)NCC45CC6CC(CC(C6)C4)C5)cccc3n2)CC1. The Morgan fingerprint density at radius 1 is 1.09 bits per heavy atom. The first-order chi connectivity index (χ1) is 16.5. The van der Waals surface area contributed by atoms with Crippen molar-refractivity contribution in [3.63, 3.8) is 0 Å². The van der Waals surface area contributed by atoms with E-state index >= 15 is 0 Å². The molecule has 0 spiro atoms. The number of hydrogen-bond donors (Lipinski definition) is 1. The van der Waals surface area contributed by atoms with E-state index in [4.69, 9.17) is 5.26 Å². The molecular formula is C27H33N5O2. The predicted octanol–water partition coefficient (Wildman–Crippen LogP) is 4.05. The summed E-state index contributed by atoms with van der Waals surface area (Å²) in [6.07, 6.45) is 11.9. The highest BCUT2D eigenvalue weighted by Crippen LogP contribution is 2.59. The van der Waals surface area contributed by atoms with E-state index in [9.17, 15) is 9.59 Å². The molecule has 1 N–H and O–H groups in total. The molecule has 7 rings (SSSR count). The summed E-state index contributed by atoms with van der Waals surface area (Å²) in [5, 5.41) is 12.2. The van der Waals surface area contributed by atoms with Crippen LogP contribution in [0.2, 0.25) is 0 Å². The second-order valence-electron chi connectivity index (χ2n) is 11.5. The molecule has 34 heavy (non-hydrogen) atoms. The smallest absolute Gasteiger partial charge is 0.274 e. The lowest BCUT2D eigenvalue weighted by Gasteiger charge is -2.56. The van der Waals surface area contributed by atoms with E-state index in [0.29, 0.717) is 42.5 Å². The number of carbonyl (C=O) groups is 2. The molecule has 5 aliphatic rings. The molecule has 7 nitrogen and oxygen atoms in total. The van der Waals surface area contributed by atoms with Crippen molar-refractivity contribution in [3.05, 3.63) is 35.8 Å². The molecule has 1 aliphatic heterocycles. The van der Waals surface area contributed by atoms with Crippen LogP contribution in [0.15, 0.2) is 24.4 Å². The molecule has 2 amide bonds. The molecule has 0 atom stereocenters. The van der Waals surface area contributed by atoms with E-state index in [1.165, 1.54) is 38.5 Å². The number of hydrogen-bond acceptors (Lipinski definition) is 4. The fraction of sp³-hybridized carbons (Fsp3) is 0.630. The maximum Gasteiger partial charge on any atom is 0.274 e. The molecule has 3 heterocycles. The predicted molar refractivity (Wildman–Crippen MR) is 127 cm³/mol. The van der Waals surface area contributed by atoms with Crippen LogP contribution in [0.4, 0.5) is 0 Å². The Bertz CT molecular complexity index is 1120. The van der Waals surface area contributed by atoms with Crippen LogP contribution in [-0.2, 0) is 0 Å². The first kappa shape index (κ1) is 21.6. The molecule has 0 radical (unpaired) electrons. The summed E-state index contributed by atoms with van der Waals surface area (Å²) in [7, 11) is 0. The van der Waals surface area contributed by atoms with Crippen LogP contribution in [0.5, 0.6) is 0 Å². The highest BCUT2D eigenvalue weighted by molar-refractivity contribution is 5.95. The first-order valence-corrected chi connectivity index (χ1v) is 12.9. The third kappa shape index (κ3) is 3.87. The van der Waals surface area contributed by atoms with E-state index in [0.717, 1.165) is 37.1 Å². The van der Waals surface area contributed by atoms with Gasteiger partial charge in [-0.25, -0.2) is 4.98 Å². The van der Waals surface area contributed by atoms with Gasteiger partial charge in [-0.1, -0.05) is 6.07 Å². The van der Waals surface area contributed by atoms with Crippen LogP contribution in [0.3, 0.4) is 0 Å². The number of nitrogens with one attached hydrogen (secondary N) is 1. The maximum atomic E-state index is 13.2. The molecule has 2 aromatic rings. The van der Waals surface area contributed by atoms with Crippen LogP contribution in [0, 0.1) is 40.4 Å². The molecule has 178 valence electrons. The van der Waals surface area contributed by atoms with Crippen LogP contribution < -0.4 is 5.32 Å². The van der Waals surface area contributed by atoms with Crippen molar-refractivity contribution in [1.82, 2.24) is 19.6 Å². The number of aromatic nitrogens is 2. The van der Waals surface area contributed by atoms with Crippen LogP contribution >= 0.6 is 0 Å². The van der Waals surface area contributed by atoms with Gasteiger partial charge in [-0.3, -0.25) is 14.0 Å². The molecule has 2 aromatic heterocycles. The topological polar surface area (TPSA) is 90.5 Å². The number of nitriles is 1. The fourth-order valence-corrected chi connectivity index (χ4v) is 7.79. The second-order valence-corrected chi connectivity index (χ2v) is 11.5. The van der Waals surface area contributed by atoms with Gasteiger partial charge in [0.2, 0.25) is 0 Å². The van der Waals surface area contributed by atoms with Crippen molar-refractivity contribution >= 4 is 17.5 Å². The van der Waals surface area contributed by atoms with Gasteiger partial charge in [0, 0.05) is 32.3 Å². The Morgan fingerprint density at radius 3 is 2.41 bits per heavy atom. The molecular weight excluding hydrogens is 426 g/mol. The molecule has 7 heteroatoms. The quantitative estimate of drug-likeness (QED) is 0.730. The maximum absolute atomic E-state index is 13.2. The fourth-order valence-electron chi connectivity index (χ4n) is 7.79. The van der Waals surface area contributed by atoms with Crippen molar-refractivity contribution in [3.8, 4) is 6.07 Å². The summed E-state index contributed by atoms with van der Waals surface area (Å²) in [6, 6.07) is 7.72. The minimum Gasteiger partial charge on any atom is -0.350 e. The van der Waals surface area contributed by atoms with Gasteiger partial charge in [-0.05, 0) is 92.6 Å². The Kier molecular flexibility index (Phi) is 5.35. The highest BCUT2D eigenvalue weighted by atomic mass is 16.2. The minimum absolute atomic E-state index is 0.0879. The third-order valence-electron chi connectivity index (χ3n) is 9.01. The number of piperidine rings is 1. The van der Waals surface area contributed by atoms with Crippen LogP contribution in [0.1, 0.15) is 78.8 Å². The average Bonchev–Trinajstić information content (AvgIpc) is 3.26. The lowest BCUT2D eigenvalue weighted by molar-refractivity contribution is -0.0503. The van der Waals surface area contributed by atoms with E-state index in [1.54, 1.807) is 10.6 Å². The highest BCUT2D eigenvalue weighted by Gasteiger charge is 2.50. The van der Waals surface area contributed by atoms with Gasteiger partial charge < -0.3 is 10.2 Å². The minimum atomic E-state index is -0.0981. The number of pyridine rings is 1. The van der Waals surface area contributed by atoms with Crippen molar-refractivity contribution in [1.29, 1.82) is 5.26 Å². The lowest BCUT2D eigenvalue weighted by Crippen LogP contribution is -2.51. The summed E-state index contributed by atoms with van der Waals surface area (Å²) >= 11 is 0. The third-order valence-corrected chi connectivity index (χ3v) is 9.01. The van der Waals surface area contributed by atoms with Crippen molar-refractivity contribution in [2.45, 2.75) is 57.8 Å². The second kappa shape index (κ2) is 8.41. The lowest BCUT2D eigenvalue weighted by atomic mass is 9.49. The molecule has 1 saturated heterocycles. The zero-order valence-corrected chi connectivity index (χ0v) is 19.7. The molecule has 4 bridgehead atoms. The molecule has 5 fully saturated rings. The van der Waals surface area contributed by atoms with Crippen molar-refractivity contribution in [2.75, 3.05) is 19.6 Å². The van der Waals surface area contributed by atoms with Gasteiger partial charge in [0.1, 0.15) is 17.0 Å². The molecule has 4 saturated carbocycles. The Morgan fingerprint density at radius 2 is 1.76 bits per heavy atom. The number of nitrogens with zero attached hydrogens (tertiary/aromatic N) is 4. The Hall–Kier alpha value is -2.88. The number of rotatable bonds is 5. The van der Waals surface area contributed by atoms with Crippen molar-refractivity contribution < 1.29 is 9.59 Å². The normalized spacial score (nSPS) is 30.4.